The fourth-order valence-electron chi connectivity index (χ4n) is 4.09. The second kappa shape index (κ2) is 12.2. The minimum Gasteiger partial charge on any atom is -0.497 e. The van der Waals surface area contributed by atoms with Crippen LogP contribution in [0.1, 0.15) is 16.7 Å². The molecule has 37 heavy (non-hydrogen) atoms. The van der Waals surface area contributed by atoms with E-state index < -0.39 is 15.9 Å². The van der Waals surface area contributed by atoms with Crippen molar-refractivity contribution in [3.63, 3.8) is 0 Å². The van der Waals surface area contributed by atoms with Crippen molar-refractivity contribution in [2.24, 2.45) is 0 Å². The molecular weight excluding hydrogens is 490 g/mol. The largest absolute Gasteiger partial charge is 0.497 e. The Morgan fingerprint density at radius 2 is 1.68 bits per heavy atom. The third kappa shape index (κ3) is 7.09. The van der Waals surface area contributed by atoms with Gasteiger partial charge in [0.15, 0.2) is 0 Å². The Kier molecular flexibility index (Phi) is 8.81. The van der Waals surface area contributed by atoms with Crippen molar-refractivity contribution in [1.29, 1.82) is 0 Å². The summed E-state index contributed by atoms with van der Waals surface area (Å²) in [6.45, 7) is 6.06. The number of carbonyl (C=O) groups is 1. The number of hydrogen-bond donors (Lipinski definition) is 1. The highest BCUT2D eigenvalue weighted by Crippen LogP contribution is 2.27. The highest BCUT2D eigenvalue weighted by molar-refractivity contribution is 7.92. The highest BCUT2D eigenvalue weighted by Gasteiger charge is 2.27. The highest BCUT2D eigenvalue weighted by atomic mass is 32.2. The maximum atomic E-state index is 13.5. The van der Waals surface area contributed by atoms with E-state index in [1.54, 1.807) is 48.5 Å². The molecule has 0 atom stereocenters. The van der Waals surface area contributed by atoms with Gasteiger partial charge in [-0.15, -0.1) is 0 Å². The number of rotatable bonds is 10. The summed E-state index contributed by atoms with van der Waals surface area (Å²) in [5, 5.41) is 2.86. The first-order valence-corrected chi connectivity index (χ1v) is 13.7. The maximum Gasteiger partial charge on any atom is 0.264 e. The van der Waals surface area contributed by atoms with Crippen LogP contribution in [0, 0.1) is 6.92 Å². The van der Waals surface area contributed by atoms with Gasteiger partial charge in [0.25, 0.3) is 10.0 Å². The fourth-order valence-corrected chi connectivity index (χ4v) is 5.50. The molecule has 0 aromatic heterocycles. The lowest BCUT2D eigenvalue weighted by Gasteiger charge is -2.26. The number of nitrogens with zero attached hydrogens (tertiary/aromatic N) is 2. The van der Waals surface area contributed by atoms with Crippen LogP contribution >= 0.6 is 0 Å². The van der Waals surface area contributed by atoms with Crippen LogP contribution in [0.25, 0.3) is 0 Å². The molecule has 1 amide bonds. The van der Waals surface area contributed by atoms with Gasteiger partial charge in [-0.05, 0) is 42.3 Å². The molecule has 196 valence electrons. The van der Waals surface area contributed by atoms with Gasteiger partial charge in [-0.25, -0.2) is 8.42 Å². The van der Waals surface area contributed by atoms with Crippen molar-refractivity contribution in [3.8, 4) is 5.75 Å². The average molecular weight is 524 g/mol. The lowest BCUT2D eigenvalue weighted by molar-refractivity contribution is -0.119. The Morgan fingerprint density at radius 3 is 2.35 bits per heavy atom. The monoisotopic (exact) mass is 523 g/mol. The number of nitrogens with one attached hydrogen (secondary N) is 1. The number of ether oxygens (including phenoxy) is 2. The molecule has 0 saturated carbocycles. The Hall–Kier alpha value is -3.40. The smallest absolute Gasteiger partial charge is 0.264 e. The van der Waals surface area contributed by atoms with Crippen LogP contribution in [0.2, 0.25) is 0 Å². The lowest BCUT2D eigenvalue weighted by atomic mass is 10.1. The van der Waals surface area contributed by atoms with Gasteiger partial charge in [0, 0.05) is 32.2 Å². The molecule has 1 heterocycles. The predicted molar refractivity (Wildman–Crippen MR) is 143 cm³/mol. The molecule has 1 aliphatic heterocycles. The van der Waals surface area contributed by atoms with Crippen LogP contribution in [0.3, 0.4) is 0 Å². The van der Waals surface area contributed by atoms with E-state index in [4.69, 9.17) is 9.47 Å². The van der Waals surface area contributed by atoms with Crippen LogP contribution in [0.15, 0.2) is 77.7 Å². The van der Waals surface area contributed by atoms with Gasteiger partial charge in [0.05, 0.1) is 30.9 Å². The average Bonchev–Trinajstić information content (AvgIpc) is 2.92. The van der Waals surface area contributed by atoms with Gasteiger partial charge in [-0.2, -0.15) is 0 Å². The van der Waals surface area contributed by atoms with Crippen molar-refractivity contribution in [1.82, 2.24) is 10.2 Å². The standard InChI is InChI=1S/C28H33N3O5S/c1-22-6-12-27(13-7-22)37(33,34)31(25-4-3-5-26(18-25)35-2)21-28(32)29-19-23-8-10-24(11-9-23)20-30-14-16-36-17-15-30/h3-13,18H,14-17,19-21H2,1-2H3,(H,29,32). The number of aryl methyl sites for hydroxylation is 1. The summed E-state index contributed by atoms with van der Waals surface area (Å²) in [5.74, 6) is 0.0927. The molecule has 0 aliphatic carbocycles. The van der Waals surface area contributed by atoms with E-state index in [1.165, 1.54) is 12.7 Å². The van der Waals surface area contributed by atoms with E-state index in [0.29, 0.717) is 18.0 Å². The first-order valence-electron chi connectivity index (χ1n) is 12.2. The van der Waals surface area contributed by atoms with E-state index in [-0.39, 0.29) is 11.4 Å². The number of morpholine rings is 1. The first-order chi connectivity index (χ1) is 17.8. The van der Waals surface area contributed by atoms with Gasteiger partial charge in [-0.1, -0.05) is 48.0 Å². The SMILES string of the molecule is COc1cccc(N(CC(=O)NCc2ccc(CN3CCOCC3)cc2)S(=O)(=O)c2ccc(C)cc2)c1. The van der Waals surface area contributed by atoms with Crippen molar-refractivity contribution in [2.75, 3.05) is 44.3 Å². The van der Waals surface area contributed by atoms with Crippen LogP contribution in [0.4, 0.5) is 5.69 Å². The molecule has 3 aromatic carbocycles. The normalized spacial score (nSPS) is 14.2. The van der Waals surface area contributed by atoms with Crippen molar-refractivity contribution < 1.29 is 22.7 Å². The molecule has 0 spiro atoms. The predicted octanol–water partition coefficient (Wildman–Crippen LogP) is 3.35. The van der Waals surface area contributed by atoms with Crippen molar-refractivity contribution >= 4 is 21.6 Å². The van der Waals surface area contributed by atoms with Crippen molar-refractivity contribution in [3.05, 3.63) is 89.5 Å². The summed E-state index contributed by atoms with van der Waals surface area (Å²) in [4.78, 5) is 15.4. The van der Waals surface area contributed by atoms with Gasteiger partial charge < -0.3 is 14.8 Å². The van der Waals surface area contributed by atoms with Crippen LogP contribution in [-0.2, 0) is 32.6 Å². The quantitative estimate of drug-likeness (QED) is 0.439. The van der Waals surface area contributed by atoms with E-state index in [0.717, 1.165) is 48.3 Å². The van der Waals surface area contributed by atoms with Gasteiger partial charge in [0.2, 0.25) is 5.91 Å². The minimum atomic E-state index is -3.99. The number of benzene rings is 3. The number of carbonyl (C=O) groups excluding carboxylic acids is 1. The molecule has 1 saturated heterocycles. The van der Waals surface area contributed by atoms with E-state index in [1.807, 2.05) is 19.1 Å². The summed E-state index contributed by atoms with van der Waals surface area (Å²) in [6.07, 6.45) is 0. The molecule has 0 unspecified atom stereocenters. The van der Waals surface area contributed by atoms with Crippen LogP contribution in [-0.4, -0.2) is 59.2 Å². The summed E-state index contributed by atoms with van der Waals surface area (Å²) in [6, 6.07) is 21.3. The second-order valence-corrected chi connectivity index (χ2v) is 10.9. The number of methoxy groups -OCH3 is 1. The third-order valence-corrected chi connectivity index (χ3v) is 8.05. The molecule has 3 aromatic rings. The van der Waals surface area contributed by atoms with Gasteiger partial charge >= 0.3 is 0 Å². The Morgan fingerprint density at radius 1 is 1.00 bits per heavy atom. The van der Waals surface area contributed by atoms with Gasteiger partial charge in [0.1, 0.15) is 12.3 Å². The second-order valence-electron chi connectivity index (χ2n) is 9.01. The molecule has 0 radical (unpaired) electrons. The maximum absolute atomic E-state index is 13.5. The molecule has 1 fully saturated rings. The Labute approximate surface area is 218 Å². The minimum absolute atomic E-state index is 0.115. The lowest BCUT2D eigenvalue weighted by Crippen LogP contribution is -2.40. The van der Waals surface area contributed by atoms with E-state index >= 15 is 0 Å². The van der Waals surface area contributed by atoms with Crippen LogP contribution in [0.5, 0.6) is 5.75 Å². The topological polar surface area (TPSA) is 88.2 Å². The van der Waals surface area contributed by atoms with Crippen molar-refractivity contribution in [2.45, 2.75) is 24.9 Å². The molecule has 4 rings (SSSR count). The summed E-state index contributed by atoms with van der Waals surface area (Å²) < 4.78 is 38.9. The molecule has 0 bridgehead atoms. The zero-order chi connectivity index (χ0) is 26.3. The number of hydrogen-bond acceptors (Lipinski definition) is 6. The van der Waals surface area contributed by atoms with E-state index in [2.05, 4.69) is 22.3 Å². The number of sulfonamides is 1. The number of amides is 1. The van der Waals surface area contributed by atoms with E-state index in [9.17, 15) is 13.2 Å². The zero-order valence-electron chi connectivity index (χ0n) is 21.2. The summed E-state index contributed by atoms with van der Waals surface area (Å²) in [7, 11) is -2.48. The molecule has 8 nitrogen and oxygen atoms in total. The third-order valence-electron chi connectivity index (χ3n) is 6.26. The Balaban J connectivity index is 1.44. The van der Waals surface area contributed by atoms with Gasteiger partial charge in [-0.3, -0.25) is 14.0 Å². The first kappa shape index (κ1) is 26.7. The molecule has 9 heteroatoms. The Bertz CT molecular complexity index is 1290. The molecular formula is C28H33N3O5S. The summed E-state index contributed by atoms with van der Waals surface area (Å²) >= 11 is 0. The van der Waals surface area contributed by atoms with Crippen LogP contribution < -0.4 is 14.4 Å². The molecule has 1 aliphatic rings. The zero-order valence-corrected chi connectivity index (χ0v) is 22.0. The fraction of sp³-hybridized carbons (Fsp3) is 0.321. The molecule has 1 N–H and O–H groups in total. The summed E-state index contributed by atoms with van der Waals surface area (Å²) in [5.41, 5.74) is 3.43. The number of anilines is 1.